The molecule has 0 amide bonds. The summed E-state index contributed by atoms with van der Waals surface area (Å²) < 4.78 is 5.61. The summed E-state index contributed by atoms with van der Waals surface area (Å²) in [4.78, 5) is 2.31. The van der Waals surface area contributed by atoms with E-state index in [1.54, 1.807) is 6.26 Å². The molecule has 0 bridgehead atoms. The van der Waals surface area contributed by atoms with Crippen molar-refractivity contribution in [1.29, 1.82) is 0 Å². The molecule has 114 valence electrons. The fourth-order valence-electron chi connectivity index (χ4n) is 2.38. The molecule has 1 N–H and O–H groups in total. The molecule has 0 spiro atoms. The first-order chi connectivity index (χ1) is 10.1. The number of rotatable bonds is 8. The van der Waals surface area contributed by atoms with Crippen molar-refractivity contribution < 1.29 is 4.42 Å². The highest BCUT2D eigenvalue weighted by molar-refractivity contribution is 5.18. The molecular weight excluding hydrogens is 260 g/mol. The summed E-state index contributed by atoms with van der Waals surface area (Å²) in [5, 5.41) is 3.44. The Kier molecular flexibility index (Phi) is 6.03. The molecule has 1 aromatic heterocycles. The molecule has 0 saturated heterocycles. The molecule has 2 rings (SSSR count). The molecule has 1 heterocycles. The minimum atomic E-state index is 0.657. The van der Waals surface area contributed by atoms with Crippen LogP contribution in [0.2, 0.25) is 0 Å². The lowest BCUT2D eigenvalue weighted by Crippen LogP contribution is -2.21. The van der Waals surface area contributed by atoms with Crippen molar-refractivity contribution >= 4 is 0 Å². The molecule has 3 heteroatoms. The molecule has 0 unspecified atom stereocenters. The highest BCUT2D eigenvalue weighted by Gasteiger charge is 2.09. The lowest BCUT2D eigenvalue weighted by atomic mass is 10.2. The summed E-state index contributed by atoms with van der Waals surface area (Å²) in [6.07, 6.45) is 1.79. The zero-order chi connectivity index (χ0) is 15.1. The Morgan fingerprint density at radius 2 is 1.86 bits per heavy atom. The van der Waals surface area contributed by atoms with Gasteiger partial charge in [-0.15, -0.1) is 0 Å². The van der Waals surface area contributed by atoms with Gasteiger partial charge in [0.25, 0.3) is 0 Å². The number of benzene rings is 1. The average Bonchev–Trinajstić information content (AvgIpc) is 2.87. The lowest BCUT2D eigenvalue weighted by Gasteiger charge is -2.17. The molecule has 0 aliphatic carbocycles. The molecule has 0 atom stereocenters. The van der Waals surface area contributed by atoms with Crippen LogP contribution in [0, 0.1) is 5.92 Å². The third-order valence-corrected chi connectivity index (χ3v) is 3.41. The van der Waals surface area contributed by atoms with E-state index >= 15 is 0 Å². The van der Waals surface area contributed by atoms with E-state index < -0.39 is 0 Å². The quantitative estimate of drug-likeness (QED) is 0.803. The van der Waals surface area contributed by atoms with Crippen molar-refractivity contribution in [3.8, 4) is 0 Å². The van der Waals surface area contributed by atoms with E-state index in [9.17, 15) is 0 Å². The summed E-state index contributed by atoms with van der Waals surface area (Å²) in [5.74, 6) is 1.71. The monoisotopic (exact) mass is 286 g/mol. The van der Waals surface area contributed by atoms with Crippen molar-refractivity contribution in [2.24, 2.45) is 5.92 Å². The number of hydrogen-bond acceptors (Lipinski definition) is 3. The second-order valence-corrected chi connectivity index (χ2v) is 6.05. The van der Waals surface area contributed by atoms with E-state index in [1.165, 1.54) is 11.1 Å². The van der Waals surface area contributed by atoms with Crippen LogP contribution in [-0.4, -0.2) is 18.5 Å². The van der Waals surface area contributed by atoms with E-state index in [4.69, 9.17) is 4.42 Å². The molecule has 0 radical (unpaired) electrons. The van der Waals surface area contributed by atoms with Crippen LogP contribution in [0.1, 0.15) is 30.7 Å². The SMILES string of the molecule is CC(C)CNCc1occc1CN(C)Cc1ccccc1. The van der Waals surface area contributed by atoms with E-state index in [-0.39, 0.29) is 0 Å². The minimum absolute atomic E-state index is 0.657. The Labute approximate surface area is 128 Å². The molecule has 3 nitrogen and oxygen atoms in total. The van der Waals surface area contributed by atoms with Gasteiger partial charge in [-0.3, -0.25) is 4.90 Å². The van der Waals surface area contributed by atoms with Crippen molar-refractivity contribution in [2.75, 3.05) is 13.6 Å². The maximum Gasteiger partial charge on any atom is 0.122 e. The number of furan rings is 1. The van der Waals surface area contributed by atoms with Crippen LogP contribution in [0.3, 0.4) is 0 Å². The van der Waals surface area contributed by atoms with E-state index in [0.717, 1.165) is 31.9 Å². The van der Waals surface area contributed by atoms with E-state index in [0.29, 0.717) is 5.92 Å². The zero-order valence-electron chi connectivity index (χ0n) is 13.3. The van der Waals surface area contributed by atoms with Crippen LogP contribution in [0.5, 0.6) is 0 Å². The van der Waals surface area contributed by atoms with Crippen LogP contribution in [0.15, 0.2) is 47.1 Å². The normalized spacial score (nSPS) is 11.5. The molecule has 0 saturated carbocycles. The zero-order valence-corrected chi connectivity index (χ0v) is 13.3. The molecule has 1 aromatic carbocycles. The highest BCUT2D eigenvalue weighted by atomic mass is 16.3. The van der Waals surface area contributed by atoms with Gasteiger partial charge >= 0.3 is 0 Å². The van der Waals surface area contributed by atoms with Gasteiger partial charge in [-0.25, -0.2) is 0 Å². The second kappa shape index (κ2) is 8.01. The summed E-state index contributed by atoms with van der Waals surface area (Å²) in [7, 11) is 2.14. The van der Waals surface area contributed by atoms with E-state index in [1.807, 2.05) is 0 Å². The van der Waals surface area contributed by atoms with E-state index in [2.05, 4.69) is 67.5 Å². The van der Waals surface area contributed by atoms with Gasteiger partial charge in [0.2, 0.25) is 0 Å². The Morgan fingerprint density at radius 1 is 1.10 bits per heavy atom. The van der Waals surface area contributed by atoms with Gasteiger partial charge in [0.05, 0.1) is 12.8 Å². The summed E-state index contributed by atoms with van der Waals surface area (Å²) >= 11 is 0. The first-order valence-corrected chi connectivity index (χ1v) is 7.63. The summed E-state index contributed by atoms with van der Waals surface area (Å²) in [6, 6.07) is 12.6. The Balaban J connectivity index is 1.86. The molecule has 0 aliphatic rings. The Bertz CT molecular complexity index is 519. The predicted molar refractivity (Wildman–Crippen MR) is 86.9 cm³/mol. The van der Waals surface area contributed by atoms with Gasteiger partial charge in [-0.1, -0.05) is 44.2 Å². The van der Waals surface area contributed by atoms with Gasteiger partial charge in [-0.2, -0.15) is 0 Å². The Morgan fingerprint density at radius 3 is 2.57 bits per heavy atom. The van der Waals surface area contributed by atoms with Gasteiger partial charge in [-0.05, 0) is 31.1 Å². The first kappa shape index (κ1) is 15.8. The van der Waals surface area contributed by atoms with Crippen molar-refractivity contribution in [3.63, 3.8) is 0 Å². The van der Waals surface area contributed by atoms with Crippen molar-refractivity contribution in [3.05, 3.63) is 59.5 Å². The van der Waals surface area contributed by atoms with Crippen LogP contribution < -0.4 is 5.32 Å². The highest BCUT2D eigenvalue weighted by Crippen LogP contribution is 2.14. The predicted octanol–water partition coefficient (Wildman–Crippen LogP) is 3.66. The lowest BCUT2D eigenvalue weighted by molar-refractivity contribution is 0.314. The maximum absolute atomic E-state index is 5.61. The maximum atomic E-state index is 5.61. The van der Waals surface area contributed by atoms with Crippen molar-refractivity contribution in [1.82, 2.24) is 10.2 Å². The van der Waals surface area contributed by atoms with Gasteiger partial charge in [0, 0.05) is 18.7 Å². The molecular formula is C18H26N2O. The van der Waals surface area contributed by atoms with Crippen molar-refractivity contribution in [2.45, 2.75) is 33.5 Å². The van der Waals surface area contributed by atoms with Crippen LogP contribution in [-0.2, 0) is 19.6 Å². The van der Waals surface area contributed by atoms with Gasteiger partial charge < -0.3 is 9.73 Å². The molecule has 2 aromatic rings. The second-order valence-electron chi connectivity index (χ2n) is 6.05. The fourth-order valence-corrected chi connectivity index (χ4v) is 2.38. The molecule has 0 fully saturated rings. The number of hydrogen-bond donors (Lipinski definition) is 1. The van der Waals surface area contributed by atoms with Gasteiger partial charge in [0.1, 0.15) is 5.76 Å². The number of nitrogens with zero attached hydrogens (tertiary/aromatic N) is 1. The average molecular weight is 286 g/mol. The minimum Gasteiger partial charge on any atom is -0.468 e. The van der Waals surface area contributed by atoms with Crippen LogP contribution in [0.25, 0.3) is 0 Å². The Hall–Kier alpha value is -1.58. The summed E-state index contributed by atoms with van der Waals surface area (Å²) in [5.41, 5.74) is 2.60. The summed E-state index contributed by atoms with van der Waals surface area (Å²) in [6.45, 7) is 8.10. The standard InChI is InChI=1S/C18H26N2O/c1-15(2)11-19-12-18-17(9-10-21-18)14-20(3)13-16-7-5-4-6-8-16/h4-10,15,19H,11-14H2,1-3H3. The molecule has 0 aliphatic heterocycles. The number of nitrogens with one attached hydrogen (secondary N) is 1. The van der Waals surface area contributed by atoms with Crippen LogP contribution >= 0.6 is 0 Å². The van der Waals surface area contributed by atoms with Crippen LogP contribution in [0.4, 0.5) is 0 Å². The third-order valence-electron chi connectivity index (χ3n) is 3.41. The largest absolute Gasteiger partial charge is 0.468 e. The topological polar surface area (TPSA) is 28.4 Å². The smallest absolute Gasteiger partial charge is 0.122 e. The van der Waals surface area contributed by atoms with Gasteiger partial charge in [0.15, 0.2) is 0 Å². The molecule has 21 heavy (non-hydrogen) atoms. The third kappa shape index (κ3) is 5.37. The fraction of sp³-hybridized carbons (Fsp3) is 0.444. The first-order valence-electron chi connectivity index (χ1n) is 7.63.